The van der Waals surface area contributed by atoms with E-state index in [1.165, 1.54) is 30.9 Å². The standard InChI is InChI=1S/C13H16N4O5S/c1-2-22-12-11(4-3-5-15-12)23(20,21)17-10(13(18)19)6-9-7-14-8-16-9/h3-5,7-8,10,17H,2,6H2,1H3,(H,14,16)(H,18,19)/t10-/m0/s1. The van der Waals surface area contributed by atoms with Gasteiger partial charge in [-0.15, -0.1) is 0 Å². The van der Waals surface area contributed by atoms with Gasteiger partial charge in [0.25, 0.3) is 0 Å². The maximum Gasteiger partial charge on any atom is 0.322 e. The van der Waals surface area contributed by atoms with E-state index >= 15 is 0 Å². The summed E-state index contributed by atoms with van der Waals surface area (Å²) in [6.45, 7) is 1.92. The number of hydrogen-bond acceptors (Lipinski definition) is 6. The predicted molar refractivity (Wildman–Crippen MR) is 79.4 cm³/mol. The number of ether oxygens (including phenoxy) is 1. The molecule has 10 heteroatoms. The van der Waals surface area contributed by atoms with E-state index in [2.05, 4.69) is 19.7 Å². The molecule has 0 unspecified atom stereocenters. The average molecular weight is 340 g/mol. The van der Waals surface area contributed by atoms with Crippen molar-refractivity contribution in [3.8, 4) is 5.88 Å². The van der Waals surface area contributed by atoms with Crippen LogP contribution in [0.1, 0.15) is 12.6 Å². The van der Waals surface area contributed by atoms with Crippen LogP contribution in [-0.2, 0) is 21.2 Å². The molecule has 2 heterocycles. The van der Waals surface area contributed by atoms with E-state index in [4.69, 9.17) is 4.74 Å². The fourth-order valence-corrected chi connectivity index (χ4v) is 3.16. The van der Waals surface area contributed by atoms with Crippen LogP contribution in [0.15, 0.2) is 35.7 Å². The molecule has 124 valence electrons. The molecule has 0 aromatic carbocycles. The molecule has 2 aromatic rings. The van der Waals surface area contributed by atoms with Crippen molar-refractivity contribution in [2.75, 3.05) is 6.61 Å². The Kier molecular flexibility index (Phi) is 5.29. The maximum absolute atomic E-state index is 12.5. The van der Waals surface area contributed by atoms with Gasteiger partial charge in [-0.05, 0) is 19.1 Å². The van der Waals surface area contributed by atoms with E-state index in [0.717, 1.165) is 0 Å². The van der Waals surface area contributed by atoms with Crippen LogP contribution in [0.5, 0.6) is 5.88 Å². The molecule has 0 fully saturated rings. The fourth-order valence-electron chi connectivity index (χ4n) is 1.87. The summed E-state index contributed by atoms with van der Waals surface area (Å²) < 4.78 is 32.2. The number of hydrogen-bond donors (Lipinski definition) is 3. The van der Waals surface area contributed by atoms with E-state index in [-0.39, 0.29) is 23.8 Å². The van der Waals surface area contributed by atoms with Crippen LogP contribution in [0.4, 0.5) is 0 Å². The number of sulfonamides is 1. The van der Waals surface area contributed by atoms with Gasteiger partial charge in [-0.25, -0.2) is 18.4 Å². The van der Waals surface area contributed by atoms with Crippen LogP contribution in [0.25, 0.3) is 0 Å². The quantitative estimate of drug-likeness (QED) is 0.624. The number of rotatable bonds is 8. The van der Waals surface area contributed by atoms with E-state index in [0.29, 0.717) is 5.69 Å². The highest BCUT2D eigenvalue weighted by molar-refractivity contribution is 7.89. The smallest absolute Gasteiger partial charge is 0.322 e. The number of nitrogens with one attached hydrogen (secondary N) is 2. The summed E-state index contributed by atoms with van der Waals surface area (Å²) >= 11 is 0. The Balaban J connectivity index is 2.26. The first kappa shape index (κ1) is 16.9. The number of aromatic amines is 1. The second kappa shape index (κ2) is 7.20. The third kappa shape index (κ3) is 4.27. The van der Waals surface area contributed by atoms with Crippen molar-refractivity contribution in [3.63, 3.8) is 0 Å². The van der Waals surface area contributed by atoms with Crippen LogP contribution in [0.3, 0.4) is 0 Å². The molecule has 0 bridgehead atoms. The van der Waals surface area contributed by atoms with Gasteiger partial charge in [0, 0.05) is 24.5 Å². The van der Waals surface area contributed by atoms with Gasteiger partial charge in [0.15, 0.2) is 0 Å². The van der Waals surface area contributed by atoms with Gasteiger partial charge in [0.1, 0.15) is 10.9 Å². The third-order valence-corrected chi connectivity index (χ3v) is 4.37. The molecule has 23 heavy (non-hydrogen) atoms. The molecular formula is C13H16N4O5S. The molecular weight excluding hydrogens is 324 g/mol. The van der Waals surface area contributed by atoms with Crippen molar-refractivity contribution in [3.05, 3.63) is 36.5 Å². The number of pyridine rings is 1. The molecule has 2 rings (SSSR count). The molecule has 0 aliphatic rings. The largest absolute Gasteiger partial charge is 0.480 e. The number of carboxylic acids is 1. The number of carbonyl (C=O) groups is 1. The molecule has 1 atom stereocenters. The lowest BCUT2D eigenvalue weighted by Gasteiger charge is -2.15. The van der Waals surface area contributed by atoms with Crippen molar-refractivity contribution >= 4 is 16.0 Å². The van der Waals surface area contributed by atoms with Crippen LogP contribution in [0, 0.1) is 0 Å². The highest BCUT2D eigenvalue weighted by Crippen LogP contribution is 2.20. The van der Waals surface area contributed by atoms with Crippen molar-refractivity contribution in [2.24, 2.45) is 0 Å². The van der Waals surface area contributed by atoms with Crippen LogP contribution < -0.4 is 9.46 Å². The first-order valence-electron chi connectivity index (χ1n) is 6.74. The Morgan fingerprint density at radius 2 is 2.30 bits per heavy atom. The molecule has 0 aliphatic heterocycles. The number of imidazole rings is 1. The van der Waals surface area contributed by atoms with Gasteiger partial charge in [-0.2, -0.15) is 4.72 Å². The molecule has 0 radical (unpaired) electrons. The zero-order chi connectivity index (χ0) is 16.9. The normalized spacial score (nSPS) is 12.7. The Bertz CT molecular complexity index is 760. The Morgan fingerprint density at radius 3 is 2.91 bits per heavy atom. The molecule has 0 aliphatic carbocycles. The lowest BCUT2D eigenvalue weighted by molar-refractivity contribution is -0.138. The van der Waals surface area contributed by atoms with Crippen LogP contribution in [0.2, 0.25) is 0 Å². The highest BCUT2D eigenvalue weighted by atomic mass is 32.2. The Hall–Kier alpha value is -2.46. The molecule has 0 amide bonds. The lowest BCUT2D eigenvalue weighted by atomic mass is 10.2. The summed E-state index contributed by atoms with van der Waals surface area (Å²) in [5.41, 5.74) is 0.497. The van der Waals surface area contributed by atoms with Gasteiger partial charge < -0.3 is 14.8 Å². The predicted octanol–water partition coefficient (Wildman–Crippen LogP) is 0.178. The first-order chi connectivity index (χ1) is 10.9. The minimum Gasteiger partial charge on any atom is -0.480 e. The van der Waals surface area contributed by atoms with Crippen LogP contribution >= 0.6 is 0 Å². The van der Waals surface area contributed by atoms with E-state index in [9.17, 15) is 18.3 Å². The van der Waals surface area contributed by atoms with Crippen molar-refractivity contribution in [2.45, 2.75) is 24.3 Å². The van der Waals surface area contributed by atoms with Crippen molar-refractivity contribution in [1.82, 2.24) is 19.7 Å². The van der Waals surface area contributed by atoms with Gasteiger partial charge in [-0.3, -0.25) is 4.79 Å². The van der Waals surface area contributed by atoms with E-state index < -0.39 is 22.0 Å². The number of aromatic nitrogens is 3. The van der Waals surface area contributed by atoms with Crippen molar-refractivity contribution < 1.29 is 23.1 Å². The maximum atomic E-state index is 12.5. The van der Waals surface area contributed by atoms with E-state index in [1.807, 2.05) is 0 Å². The molecule has 2 aromatic heterocycles. The Labute approximate surface area is 132 Å². The number of aliphatic carboxylic acids is 1. The summed E-state index contributed by atoms with van der Waals surface area (Å²) in [6.07, 6.45) is 4.14. The minimum absolute atomic E-state index is 0.0706. The zero-order valence-corrected chi connectivity index (χ0v) is 13.1. The van der Waals surface area contributed by atoms with Gasteiger partial charge in [0.05, 0.1) is 12.9 Å². The lowest BCUT2D eigenvalue weighted by Crippen LogP contribution is -2.42. The highest BCUT2D eigenvalue weighted by Gasteiger charge is 2.28. The molecule has 9 nitrogen and oxygen atoms in total. The molecule has 0 saturated heterocycles. The molecule has 0 saturated carbocycles. The summed E-state index contributed by atoms with van der Waals surface area (Å²) in [7, 11) is -4.11. The van der Waals surface area contributed by atoms with E-state index in [1.54, 1.807) is 6.92 Å². The first-order valence-corrected chi connectivity index (χ1v) is 8.22. The third-order valence-electron chi connectivity index (χ3n) is 2.88. The summed E-state index contributed by atoms with van der Waals surface area (Å²) in [5, 5.41) is 9.25. The molecule has 3 N–H and O–H groups in total. The SMILES string of the molecule is CCOc1ncccc1S(=O)(=O)N[C@@H](Cc1cnc[nH]1)C(=O)O. The Morgan fingerprint density at radius 1 is 1.52 bits per heavy atom. The zero-order valence-electron chi connectivity index (χ0n) is 12.3. The number of nitrogens with zero attached hydrogens (tertiary/aromatic N) is 2. The summed E-state index contributed by atoms with van der Waals surface area (Å²) in [5.74, 6) is -1.38. The molecule has 0 spiro atoms. The second-order valence-corrected chi connectivity index (χ2v) is 6.22. The summed E-state index contributed by atoms with van der Waals surface area (Å²) in [4.78, 5) is 21.5. The van der Waals surface area contributed by atoms with Crippen LogP contribution in [-0.4, -0.2) is 47.1 Å². The topological polar surface area (TPSA) is 134 Å². The van der Waals surface area contributed by atoms with Crippen molar-refractivity contribution in [1.29, 1.82) is 0 Å². The second-order valence-electron chi connectivity index (χ2n) is 4.53. The van der Waals surface area contributed by atoms with Gasteiger partial charge in [0.2, 0.25) is 15.9 Å². The average Bonchev–Trinajstić information content (AvgIpc) is 3.00. The summed E-state index contributed by atoms with van der Waals surface area (Å²) in [6, 6.07) is 1.38. The minimum atomic E-state index is -4.11. The van der Waals surface area contributed by atoms with Gasteiger partial charge in [-0.1, -0.05) is 0 Å². The number of carboxylic acid groups (broad SMARTS) is 1. The fraction of sp³-hybridized carbons (Fsp3) is 0.308. The van der Waals surface area contributed by atoms with Gasteiger partial charge >= 0.3 is 5.97 Å². The number of H-pyrrole nitrogens is 1. The monoisotopic (exact) mass is 340 g/mol.